The summed E-state index contributed by atoms with van der Waals surface area (Å²) in [5.74, 6) is -0.987. The maximum Gasteiger partial charge on any atom is 0.337 e. The number of ketones is 1. The van der Waals surface area contributed by atoms with E-state index in [1.165, 1.54) is 14.0 Å². The highest BCUT2D eigenvalue weighted by molar-refractivity contribution is 5.89. The van der Waals surface area contributed by atoms with Crippen molar-refractivity contribution >= 4 is 23.4 Å². The first-order valence-corrected chi connectivity index (χ1v) is 6.48. The molecule has 0 radical (unpaired) electrons. The van der Waals surface area contributed by atoms with Crippen LogP contribution >= 0.6 is 0 Å². The Kier molecular flexibility index (Phi) is 6.39. The van der Waals surface area contributed by atoms with Crippen LogP contribution in [-0.4, -0.2) is 45.0 Å². The maximum absolute atomic E-state index is 11.5. The second-order valence-electron chi connectivity index (χ2n) is 4.53. The molecule has 114 valence electrons. The van der Waals surface area contributed by atoms with Crippen molar-refractivity contribution in [1.29, 1.82) is 0 Å². The molecule has 1 rings (SSSR count). The molecule has 0 heterocycles. The summed E-state index contributed by atoms with van der Waals surface area (Å²) in [6.07, 6.45) is 0.280. The van der Waals surface area contributed by atoms with Gasteiger partial charge in [0.05, 0.1) is 12.7 Å². The van der Waals surface area contributed by atoms with E-state index >= 15 is 0 Å². The molecule has 6 nitrogen and oxygen atoms in total. The zero-order chi connectivity index (χ0) is 15.8. The van der Waals surface area contributed by atoms with E-state index in [1.807, 2.05) is 11.9 Å². The van der Waals surface area contributed by atoms with Crippen LogP contribution in [-0.2, 0) is 19.1 Å². The van der Waals surface area contributed by atoms with Gasteiger partial charge in [0, 0.05) is 32.6 Å². The van der Waals surface area contributed by atoms with Crippen LogP contribution in [0.25, 0.3) is 0 Å². The number of nitrogens with zero attached hydrogens (tertiary/aromatic N) is 1. The van der Waals surface area contributed by atoms with Crippen molar-refractivity contribution in [1.82, 2.24) is 0 Å². The van der Waals surface area contributed by atoms with Crippen molar-refractivity contribution in [2.75, 3.05) is 32.2 Å². The number of ether oxygens (including phenoxy) is 2. The topological polar surface area (TPSA) is 72.9 Å². The highest BCUT2D eigenvalue weighted by Crippen LogP contribution is 2.14. The number of hydrogen-bond acceptors (Lipinski definition) is 6. The molecule has 0 bridgehead atoms. The molecular weight excluding hydrogens is 274 g/mol. The minimum atomic E-state index is -0.463. The van der Waals surface area contributed by atoms with Gasteiger partial charge in [-0.3, -0.25) is 9.59 Å². The number of esters is 2. The molecule has 21 heavy (non-hydrogen) atoms. The smallest absolute Gasteiger partial charge is 0.337 e. The van der Waals surface area contributed by atoms with Crippen LogP contribution in [0.2, 0.25) is 0 Å². The number of Topliss-reactive ketones (excluding diaryl/α,β-unsaturated/α-hetero) is 1. The summed E-state index contributed by atoms with van der Waals surface area (Å²) in [7, 11) is 3.17. The first-order chi connectivity index (χ1) is 9.93. The molecule has 0 spiro atoms. The highest BCUT2D eigenvalue weighted by Gasteiger charge is 2.09. The normalized spacial score (nSPS) is 9.86. The van der Waals surface area contributed by atoms with Gasteiger partial charge in [-0.2, -0.15) is 0 Å². The van der Waals surface area contributed by atoms with Crippen LogP contribution in [0.3, 0.4) is 0 Å². The number of anilines is 1. The first-order valence-electron chi connectivity index (χ1n) is 6.48. The number of carbonyl (C=O) groups is 3. The minimum Gasteiger partial charge on any atom is -0.465 e. The molecule has 0 aliphatic rings. The van der Waals surface area contributed by atoms with Gasteiger partial charge in [0.25, 0.3) is 0 Å². The minimum absolute atomic E-state index is 0.136. The summed E-state index contributed by atoms with van der Waals surface area (Å²) in [4.78, 5) is 35.3. The Balaban J connectivity index is 2.48. The molecular formula is C15H19NO5. The molecule has 0 unspecified atom stereocenters. The van der Waals surface area contributed by atoms with E-state index in [2.05, 4.69) is 9.47 Å². The fourth-order valence-electron chi connectivity index (χ4n) is 1.65. The zero-order valence-corrected chi connectivity index (χ0v) is 12.4. The molecule has 1 aromatic rings. The van der Waals surface area contributed by atoms with Gasteiger partial charge >= 0.3 is 11.9 Å². The van der Waals surface area contributed by atoms with Gasteiger partial charge in [-0.15, -0.1) is 0 Å². The lowest BCUT2D eigenvalue weighted by atomic mass is 10.2. The predicted molar refractivity (Wildman–Crippen MR) is 77.3 cm³/mol. The standard InChI is InChI=1S/C15H19NO5/c1-11(17)21-10-14(18)8-9-16(2)13-6-4-12(5-7-13)15(19)20-3/h4-7H,8-10H2,1-3H3. The Morgan fingerprint density at radius 1 is 1.14 bits per heavy atom. The number of hydrogen-bond donors (Lipinski definition) is 0. The first kappa shape index (κ1) is 16.7. The average Bonchev–Trinajstić information content (AvgIpc) is 2.49. The summed E-state index contributed by atoms with van der Waals surface area (Å²) in [6.45, 7) is 1.57. The Labute approximate surface area is 123 Å². The second kappa shape index (κ2) is 8.04. The lowest BCUT2D eigenvalue weighted by Gasteiger charge is -2.19. The highest BCUT2D eigenvalue weighted by atomic mass is 16.5. The molecule has 0 aliphatic heterocycles. The van der Waals surface area contributed by atoms with Crippen molar-refractivity contribution in [3.8, 4) is 0 Å². The Morgan fingerprint density at radius 2 is 1.76 bits per heavy atom. The zero-order valence-electron chi connectivity index (χ0n) is 12.4. The van der Waals surface area contributed by atoms with Gasteiger partial charge in [-0.05, 0) is 24.3 Å². The molecule has 0 saturated heterocycles. The van der Waals surface area contributed by atoms with E-state index in [9.17, 15) is 14.4 Å². The average molecular weight is 293 g/mol. The van der Waals surface area contributed by atoms with Crippen LogP contribution in [0.5, 0.6) is 0 Å². The van der Waals surface area contributed by atoms with E-state index in [-0.39, 0.29) is 24.8 Å². The fraction of sp³-hybridized carbons (Fsp3) is 0.400. The van der Waals surface area contributed by atoms with E-state index in [1.54, 1.807) is 24.3 Å². The van der Waals surface area contributed by atoms with Crippen molar-refractivity contribution < 1.29 is 23.9 Å². The quantitative estimate of drug-likeness (QED) is 0.708. The third-order valence-electron chi connectivity index (χ3n) is 2.89. The molecule has 0 atom stereocenters. The molecule has 0 aliphatic carbocycles. The molecule has 0 fully saturated rings. The van der Waals surface area contributed by atoms with Gasteiger partial charge in [0.15, 0.2) is 5.78 Å². The van der Waals surface area contributed by atoms with Gasteiger partial charge in [-0.1, -0.05) is 0 Å². The van der Waals surface area contributed by atoms with Crippen molar-refractivity contribution in [2.45, 2.75) is 13.3 Å². The predicted octanol–water partition coefficient (Wildman–Crippen LogP) is 1.43. The van der Waals surface area contributed by atoms with Crippen LogP contribution in [0.1, 0.15) is 23.7 Å². The van der Waals surface area contributed by atoms with Gasteiger partial charge in [-0.25, -0.2) is 4.79 Å². The largest absolute Gasteiger partial charge is 0.465 e. The van der Waals surface area contributed by atoms with Crippen LogP contribution in [0.4, 0.5) is 5.69 Å². The third-order valence-corrected chi connectivity index (χ3v) is 2.89. The molecule has 0 N–H and O–H groups in total. The van der Waals surface area contributed by atoms with Crippen molar-refractivity contribution in [3.63, 3.8) is 0 Å². The summed E-state index contributed by atoms with van der Waals surface area (Å²) < 4.78 is 9.26. The lowest BCUT2D eigenvalue weighted by Crippen LogP contribution is -2.23. The molecule has 6 heteroatoms. The Bertz CT molecular complexity index is 509. The lowest BCUT2D eigenvalue weighted by molar-refractivity contribution is -0.145. The third kappa shape index (κ3) is 5.64. The number of carbonyl (C=O) groups excluding carboxylic acids is 3. The van der Waals surface area contributed by atoms with Gasteiger partial charge < -0.3 is 14.4 Å². The van der Waals surface area contributed by atoms with E-state index in [4.69, 9.17) is 0 Å². The van der Waals surface area contributed by atoms with Crippen LogP contribution in [0.15, 0.2) is 24.3 Å². The summed E-state index contributed by atoms with van der Waals surface area (Å²) in [5, 5.41) is 0. The second-order valence-corrected chi connectivity index (χ2v) is 4.53. The SMILES string of the molecule is COC(=O)c1ccc(N(C)CCC(=O)COC(C)=O)cc1. The molecule has 1 aromatic carbocycles. The monoisotopic (exact) mass is 293 g/mol. The summed E-state index contributed by atoms with van der Waals surface area (Å²) in [5.41, 5.74) is 1.35. The van der Waals surface area contributed by atoms with Crippen LogP contribution in [0, 0.1) is 0 Å². The number of methoxy groups -OCH3 is 1. The Hall–Kier alpha value is -2.37. The fourth-order valence-corrected chi connectivity index (χ4v) is 1.65. The van der Waals surface area contributed by atoms with E-state index < -0.39 is 5.97 Å². The van der Waals surface area contributed by atoms with Crippen LogP contribution < -0.4 is 4.90 Å². The van der Waals surface area contributed by atoms with E-state index in [0.717, 1.165) is 5.69 Å². The van der Waals surface area contributed by atoms with Crippen molar-refractivity contribution in [2.24, 2.45) is 0 Å². The molecule has 0 amide bonds. The van der Waals surface area contributed by atoms with Gasteiger partial charge in [0.2, 0.25) is 0 Å². The Morgan fingerprint density at radius 3 is 2.29 bits per heavy atom. The summed E-state index contributed by atoms with van der Waals surface area (Å²) in [6, 6.07) is 6.89. The molecule has 0 saturated carbocycles. The number of rotatable bonds is 7. The molecule has 0 aromatic heterocycles. The van der Waals surface area contributed by atoms with E-state index in [0.29, 0.717) is 12.1 Å². The van der Waals surface area contributed by atoms with Gasteiger partial charge in [0.1, 0.15) is 6.61 Å². The maximum atomic E-state index is 11.5. The number of benzene rings is 1. The van der Waals surface area contributed by atoms with Crippen molar-refractivity contribution in [3.05, 3.63) is 29.8 Å². The summed E-state index contributed by atoms with van der Waals surface area (Å²) >= 11 is 0.